The van der Waals surface area contributed by atoms with Gasteiger partial charge >= 0.3 is 0 Å². The average Bonchev–Trinajstić information content (AvgIpc) is 2.40. The van der Waals surface area contributed by atoms with Crippen molar-refractivity contribution in [3.8, 4) is 0 Å². The van der Waals surface area contributed by atoms with E-state index in [0.717, 1.165) is 0 Å². The smallest absolute Gasteiger partial charge is 0.269 e. The fourth-order valence-electron chi connectivity index (χ4n) is 1.64. The Labute approximate surface area is 118 Å². The molecule has 6 heteroatoms. The molecule has 0 radical (unpaired) electrons. The molecule has 0 spiro atoms. The number of nitrogens with one attached hydrogen (secondary N) is 1. The number of aromatic nitrogens is 1. The zero-order valence-electron chi connectivity index (χ0n) is 11.1. The lowest BCUT2D eigenvalue weighted by Gasteiger charge is -2.18. The van der Waals surface area contributed by atoms with Gasteiger partial charge in [-0.3, -0.25) is 14.6 Å². The fraction of sp³-hybridized carbons (Fsp3) is 0.462. The number of halogens is 1. The largest absolute Gasteiger partial charge is 0.350 e. The Bertz CT molecular complexity index is 447. The summed E-state index contributed by atoms with van der Waals surface area (Å²) in [6, 6.07) is 3.09. The minimum Gasteiger partial charge on any atom is -0.350 e. The average molecular weight is 284 g/mol. The van der Waals surface area contributed by atoms with Crippen LogP contribution in [0.1, 0.15) is 30.8 Å². The molecular weight excluding hydrogens is 266 g/mol. The molecule has 0 aliphatic rings. The number of carbonyl (C=O) groups excluding carboxylic acids is 2. The predicted octanol–water partition coefficient (Wildman–Crippen LogP) is 1.72. The highest BCUT2D eigenvalue weighted by Crippen LogP contribution is 2.07. The van der Waals surface area contributed by atoms with Crippen LogP contribution in [0, 0.1) is 0 Å². The molecule has 0 aromatic carbocycles. The summed E-state index contributed by atoms with van der Waals surface area (Å²) in [4.78, 5) is 29.1. The highest BCUT2D eigenvalue weighted by molar-refractivity contribution is 6.30. The summed E-state index contributed by atoms with van der Waals surface area (Å²) in [6.45, 7) is 5.51. The minimum atomic E-state index is -0.324. The Morgan fingerprint density at radius 1 is 1.37 bits per heavy atom. The molecule has 0 saturated carbocycles. The van der Waals surface area contributed by atoms with Crippen molar-refractivity contribution in [2.75, 3.05) is 19.6 Å². The maximum absolute atomic E-state index is 11.7. The number of hydrogen-bond donors (Lipinski definition) is 1. The van der Waals surface area contributed by atoms with Crippen molar-refractivity contribution in [2.45, 2.75) is 20.3 Å². The zero-order chi connectivity index (χ0) is 14.3. The minimum absolute atomic E-state index is 0.0318. The molecule has 104 valence electrons. The Morgan fingerprint density at radius 2 is 2.05 bits per heavy atom. The zero-order valence-corrected chi connectivity index (χ0v) is 11.9. The molecule has 1 heterocycles. The van der Waals surface area contributed by atoms with Gasteiger partial charge in [-0.2, -0.15) is 0 Å². The van der Waals surface area contributed by atoms with E-state index < -0.39 is 0 Å². The van der Waals surface area contributed by atoms with Crippen LogP contribution in [0.15, 0.2) is 18.3 Å². The molecule has 2 amide bonds. The summed E-state index contributed by atoms with van der Waals surface area (Å²) in [5.74, 6) is -0.292. The highest BCUT2D eigenvalue weighted by atomic mass is 35.5. The topological polar surface area (TPSA) is 62.3 Å². The van der Waals surface area contributed by atoms with Crippen LogP contribution in [0.4, 0.5) is 0 Å². The molecule has 19 heavy (non-hydrogen) atoms. The molecule has 1 N–H and O–H groups in total. The number of rotatable bonds is 6. The summed E-state index contributed by atoms with van der Waals surface area (Å²) < 4.78 is 0. The highest BCUT2D eigenvalue weighted by Gasteiger charge is 2.11. The van der Waals surface area contributed by atoms with Gasteiger partial charge in [-0.25, -0.2) is 0 Å². The maximum atomic E-state index is 11.7. The van der Waals surface area contributed by atoms with Crippen molar-refractivity contribution in [3.05, 3.63) is 29.0 Å². The van der Waals surface area contributed by atoms with Crippen LogP contribution in [0.2, 0.25) is 5.02 Å². The van der Waals surface area contributed by atoms with Crippen LogP contribution in [0.25, 0.3) is 0 Å². The first-order chi connectivity index (χ1) is 9.08. The Kier molecular flexibility index (Phi) is 6.29. The van der Waals surface area contributed by atoms with Gasteiger partial charge in [-0.05, 0) is 26.0 Å². The van der Waals surface area contributed by atoms with Crippen molar-refractivity contribution in [3.63, 3.8) is 0 Å². The van der Waals surface area contributed by atoms with Crippen molar-refractivity contribution < 1.29 is 9.59 Å². The van der Waals surface area contributed by atoms with Gasteiger partial charge in [0.05, 0.1) is 0 Å². The molecule has 0 bridgehead atoms. The van der Waals surface area contributed by atoms with Crippen LogP contribution in [0.5, 0.6) is 0 Å². The lowest BCUT2D eigenvalue weighted by Crippen LogP contribution is -2.34. The predicted molar refractivity (Wildman–Crippen MR) is 74.1 cm³/mol. The van der Waals surface area contributed by atoms with Crippen LogP contribution in [0.3, 0.4) is 0 Å². The standard InChI is InChI=1S/C13H18ClN3O2/c1-3-17(4-2)12(18)6-8-16-13(19)11-9-10(14)5-7-15-11/h5,7,9H,3-4,6,8H2,1-2H3,(H,16,19). The van der Waals surface area contributed by atoms with Gasteiger partial charge in [0.2, 0.25) is 5.91 Å². The van der Waals surface area contributed by atoms with Gasteiger partial charge in [0, 0.05) is 37.3 Å². The number of hydrogen-bond acceptors (Lipinski definition) is 3. The van der Waals surface area contributed by atoms with E-state index in [9.17, 15) is 9.59 Å². The quantitative estimate of drug-likeness (QED) is 0.865. The van der Waals surface area contributed by atoms with E-state index in [2.05, 4.69) is 10.3 Å². The normalized spacial score (nSPS) is 10.1. The molecule has 0 fully saturated rings. The Hall–Kier alpha value is -1.62. The molecule has 1 rings (SSSR count). The molecular formula is C13H18ClN3O2. The van der Waals surface area contributed by atoms with Crippen molar-refractivity contribution >= 4 is 23.4 Å². The molecule has 5 nitrogen and oxygen atoms in total. The summed E-state index contributed by atoms with van der Waals surface area (Å²) in [5.41, 5.74) is 0.253. The van der Waals surface area contributed by atoms with Gasteiger partial charge in [-0.1, -0.05) is 11.6 Å². The van der Waals surface area contributed by atoms with Gasteiger partial charge in [0.15, 0.2) is 0 Å². The number of carbonyl (C=O) groups is 2. The van der Waals surface area contributed by atoms with E-state index in [1.54, 1.807) is 11.0 Å². The second-order valence-electron chi connectivity index (χ2n) is 3.93. The van der Waals surface area contributed by atoms with Crippen LogP contribution in [-0.2, 0) is 4.79 Å². The van der Waals surface area contributed by atoms with Gasteiger partial charge in [-0.15, -0.1) is 0 Å². The third-order valence-electron chi connectivity index (χ3n) is 2.70. The van der Waals surface area contributed by atoms with E-state index in [1.807, 2.05) is 13.8 Å². The third-order valence-corrected chi connectivity index (χ3v) is 2.93. The fourth-order valence-corrected chi connectivity index (χ4v) is 1.80. The van der Waals surface area contributed by atoms with E-state index in [0.29, 0.717) is 24.7 Å². The second-order valence-corrected chi connectivity index (χ2v) is 4.37. The second kappa shape index (κ2) is 7.74. The lowest BCUT2D eigenvalue weighted by atomic mass is 10.3. The molecule has 0 atom stereocenters. The van der Waals surface area contributed by atoms with Crippen LogP contribution in [-0.4, -0.2) is 41.3 Å². The number of pyridine rings is 1. The van der Waals surface area contributed by atoms with E-state index in [-0.39, 0.29) is 23.9 Å². The summed E-state index contributed by atoms with van der Waals surface area (Å²) >= 11 is 5.77. The summed E-state index contributed by atoms with van der Waals surface area (Å²) in [5, 5.41) is 3.11. The van der Waals surface area contributed by atoms with Crippen LogP contribution < -0.4 is 5.32 Å². The monoisotopic (exact) mass is 283 g/mol. The van der Waals surface area contributed by atoms with Crippen molar-refractivity contribution in [2.24, 2.45) is 0 Å². The molecule has 0 aliphatic heterocycles. The molecule has 0 aliphatic carbocycles. The van der Waals surface area contributed by atoms with E-state index >= 15 is 0 Å². The summed E-state index contributed by atoms with van der Waals surface area (Å²) in [6.07, 6.45) is 1.76. The third kappa shape index (κ3) is 4.87. The lowest BCUT2D eigenvalue weighted by molar-refractivity contribution is -0.130. The molecule has 1 aromatic heterocycles. The molecule has 0 unspecified atom stereocenters. The van der Waals surface area contributed by atoms with Crippen molar-refractivity contribution in [1.29, 1.82) is 0 Å². The maximum Gasteiger partial charge on any atom is 0.269 e. The first-order valence-electron chi connectivity index (χ1n) is 6.26. The first-order valence-corrected chi connectivity index (χ1v) is 6.63. The SMILES string of the molecule is CCN(CC)C(=O)CCNC(=O)c1cc(Cl)ccn1. The van der Waals surface area contributed by atoms with Gasteiger partial charge < -0.3 is 10.2 Å². The van der Waals surface area contributed by atoms with Crippen LogP contribution >= 0.6 is 11.6 Å². The van der Waals surface area contributed by atoms with Gasteiger partial charge in [0.1, 0.15) is 5.69 Å². The van der Waals surface area contributed by atoms with E-state index in [1.165, 1.54) is 12.3 Å². The molecule has 1 aromatic rings. The number of nitrogens with zero attached hydrogens (tertiary/aromatic N) is 2. The summed E-state index contributed by atoms with van der Waals surface area (Å²) in [7, 11) is 0. The Morgan fingerprint density at radius 3 is 2.63 bits per heavy atom. The van der Waals surface area contributed by atoms with Crippen molar-refractivity contribution in [1.82, 2.24) is 15.2 Å². The van der Waals surface area contributed by atoms with E-state index in [4.69, 9.17) is 11.6 Å². The Balaban J connectivity index is 2.41. The number of amides is 2. The van der Waals surface area contributed by atoms with Gasteiger partial charge in [0.25, 0.3) is 5.91 Å². The first kappa shape index (κ1) is 15.4. The molecule has 0 saturated heterocycles.